The van der Waals surface area contributed by atoms with Gasteiger partial charge in [-0.25, -0.2) is 13.2 Å². The third kappa shape index (κ3) is 2.52. The zero-order valence-electron chi connectivity index (χ0n) is 13.3. The van der Waals surface area contributed by atoms with Crippen LogP contribution in [0.3, 0.4) is 0 Å². The normalized spacial score (nSPS) is 25.9. The van der Waals surface area contributed by atoms with E-state index in [0.717, 1.165) is 5.56 Å². The second kappa shape index (κ2) is 6.03. The van der Waals surface area contributed by atoms with Gasteiger partial charge < -0.3 is 10.5 Å². The molecular weight excluding hydrogens is 326 g/mol. The molecule has 1 saturated carbocycles. The third-order valence-electron chi connectivity index (χ3n) is 4.37. The minimum absolute atomic E-state index is 0.150. The number of rotatable bonds is 5. The van der Waals surface area contributed by atoms with Crippen LogP contribution in [0.25, 0.3) is 0 Å². The van der Waals surface area contributed by atoms with Crippen LogP contribution >= 0.6 is 0 Å². The Balaban J connectivity index is 2.06. The number of carbonyl (C=O) groups excluding carboxylic acids is 1. The highest BCUT2D eigenvalue weighted by atomic mass is 32.2. The lowest BCUT2D eigenvalue weighted by atomic mass is 10.1. The van der Waals surface area contributed by atoms with Crippen molar-refractivity contribution >= 4 is 15.8 Å². The fraction of sp³-hybridized carbons (Fsp3) is 0.278. The Morgan fingerprint density at radius 2 is 1.62 bits per heavy atom. The minimum atomic E-state index is -3.76. The fourth-order valence-electron chi connectivity index (χ4n) is 3.18. The summed E-state index contributed by atoms with van der Waals surface area (Å²) in [6.07, 6.45) is 0. The van der Waals surface area contributed by atoms with E-state index in [1.54, 1.807) is 49.4 Å². The predicted molar refractivity (Wildman–Crippen MR) is 90.2 cm³/mol. The molecule has 0 aromatic heterocycles. The van der Waals surface area contributed by atoms with Gasteiger partial charge in [0.25, 0.3) is 0 Å². The highest BCUT2D eigenvalue weighted by Crippen LogP contribution is 2.56. The predicted octanol–water partition coefficient (Wildman–Crippen LogP) is 1.89. The monoisotopic (exact) mass is 345 g/mol. The average molecular weight is 345 g/mol. The number of esters is 1. The lowest BCUT2D eigenvalue weighted by Crippen LogP contribution is -2.41. The molecule has 0 saturated heterocycles. The molecule has 1 fully saturated rings. The van der Waals surface area contributed by atoms with E-state index in [0.29, 0.717) is 0 Å². The van der Waals surface area contributed by atoms with Crippen LogP contribution in [0.15, 0.2) is 65.6 Å². The first kappa shape index (κ1) is 16.7. The van der Waals surface area contributed by atoms with Crippen LogP contribution in [0.1, 0.15) is 18.4 Å². The van der Waals surface area contributed by atoms with Gasteiger partial charge in [0.1, 0.15) is 10.8 Å². The average Bonchev–Trinajstić information content (AvgIpc) is 3.25. The number of sulfone groups is 1. The summed E-state index contributed by atoms with van der Waals surface area (Å²) in [7, 11) is -3.76. The summed E-state index contributed by atoms with van der Waals surface area (Å²) in [5.41, 5.74) is 5.42. The number of hydrogen-bond donors (Lipinski definition) is 1. The molecule has 2 aromatic carbocycles. The zero-order chi connectivity index (χ0) is 17.4. The smallest absolute Gasteiger partial charge is 0.328 e. The van der Waals surface area contributed by atoms with E-state index in [1.165, 1.54) is 12.1 Å². The molecule has 0 radical (unpaired) electrons. The molecule has 2 aromatic rings. The maximum atomic E-state index is 13.0. The Kier molecular flexibility index (Phi) is 4.19. The Bertz CT molecular complexity index is 836. The van der Waals surface area contributed by atoms with Crippen molar-refractivity contribution in [3.63, 3.8) is 0 Å². The summed E-state index contributed by atoms with van der Waals surface area (Å²) in [6, 6.07) is 17.1. The van der Waals surface area contributed by atoms with Gasteiger partial charge in [-0.1, -0.05) is 48.5 Å². The molecule has 0 unspecified atom stereocenters. The van der Waals surface area contributed by atoms with Crippen molar-refractivity contribution in [2.75, 3.05) is 6.61 Å². The lowest BCUT2D eigenvalue weighted by Gasteiger charge is -2.11. The molecule has 0 aliphatic heterocycles. The summed E-state index contributed by atoms with van der Waals surface area (Å²) in [4.78, 5) is 12.5. The summed E-state index contributed by atoms with van der Waals surface area (Å²) < 4.78 is 31.1. The van der Waals surface area contributed by atoms with Crippen molar-refractivity contribution < 1.29 is 17.9 Å². The molecule has 6 heteroatoms. The summed E-state index contributed by atoms with van der Waals surface area (Å²) >= 11 is 0. The summed E-state index contributed by atoms with van der Waals surface area (Å²) in [5, 5.41) is -1.03. The molecule has 1 aliphatic rings. The maximum Gasteiger partial charge on any atom is 0.328 e. The first-order valence-electron chi connectivity index (χ1n) is 7.74. The molecule has 2 N–H and O–H groups in total. The van der Waals surface area contributed by atoms with Gasteiger partial charge in [0.2, 0.25) is 0 Å². The molecule has 3 atom stereocenters. The largest absolute Gasteiger partial charge is 0.465 e. The molecule has 0 bridgehead atoms. The molecule has 0 amide bonds. The van der Waals surface area contributed by atoms with E-state index in [9.17, 15) is 13.2 Å². The highest BCUT2D eigenvalue weighted by molar-refractivity contribution is 7.92. The summed E-state index contributed by atoms with van der Waals surface area (Å²) in [6.45, 7) is 1.82. The van der Waals surface area contributed by atoms with Gasteiger partial charge in [-0.3, -0.25) is 0 Å². The second-order valence-electron chi connectivity index (χ2n) is 5.82. The topological polar surface area (TPSA) is 86.5 Å². The quantitative estimate of drug-likeness (QED) is 0.836. The first-order valence-corrected chi connectivity index (χ1v) is 9.28. The SMILES string of the molecule is CCOC(=O)[C@]1(N)[C@H](c2ccccc2)[C@@H]1S(=O)(=O)c1ccccc1. The summed E-state index contributed by atoms with van der Waals surface area (Å²) in [5.74, 6) is -1.30. The number of ether oxygens (including phenoxy) is 1. The van der Waals surface area contributed by atoms with Crippen molar-refractivity contribution in [3.8, 4) is 0 Å². The van der Waals surface area contributed by atoms with Crippen molar-refractivity contribution in [2.45, 2.75) is 28.5 Å². The van der Waals surface area contributed by atoms with Gasteiger partial charge in [0.15, 0.2) is 9.84 Å². The van der Waals surface area contributed by atoms with Gasteiger partial charge in [-0.05, 0) is 24.6 Å². The van der Waals surface area contributed by atoms with Gasteiger partial charge in [0, 0.05) is 5.92 Å². The van der Waals surface area contributed by atoms with Crippen molar-refractivity contribution in [3.05, 3.63) is 66.2 Å². The zero-order valence-corrected chi connectivity index (χ0v) is 14.1. The molecule has 126 valence electrons. The van der Waals surface area contributed by atoms with E-state index in [1.807, 2.05) is 6.07 Å². The van der Waals surface area contributed by atoms with Crippen molar-refractivity contribution in [1.29, 1.82) is 0 Å². The molecular formula is C18H19NO4S. The fourth-order valence-corrected chi connectivity index (χ4v) is 5.43. The van der Waals surface area contributed by atoms with Gasteiger partial charge in [-0.15, -0.1) is 0 Å². The Morgan fingerprint density at radius 1 is 1.08 bits per heavy atom. The van der Waals surface area contributed by atoms with Gasteiger partial charge in [0.05, 0.1) is 11.5 Å². The van der Waals surface area contributed by atoms with E-state index in [4.69, 9.17) is 10.5 Å². The third-order valence-corrected chi connectivity index (χ3v) is 6.63. The Labute approximate surface area is 141 Å². The van der Waals surface area contributed by atoms with Crippen LogP contribution < -0.4 is 5.73 Å². The molecule has 0 spiro atoms. The highest BCUT2D eigenvalue weighted by Gasteiger charge is 2.74. The van der Waals surface area contributed by atoms with Crippen LogP contribution in [0, 0.1) is 0 Å². The lowest BCUT2D eigenvalue weighted by molar-refractivity contribution is -0.145. The van der Waals surface area contributed by atoms with E-state index in [-0.39, 0.29) is 11.5 Å². The van der Waals surface area contributed by atoms with Gasteiger partial charge >= 0.3 is 5.97 Å². The number of hydrogen-bond acceptors (Lipinski definition) is 5. The van der Waals surface area contributed by atoms with Crippen LogP contribution in [-0.2, 0) is 19.4 Å². The number of benzene rings is 2. The maximum absolute atomic E-state index is 13.0. The number of nitrogens with two attached hydrogens (primary N) is 1. The van der Waals surface area contributed by atoms with Crippen molar-refractivity contribution in [2.24, 2.45) is 5.73 Å². The Hall–Kier alpha value is -2.18. The molecule has 3 rings (SSSR count). The first-order chi connectivity index (χ1) is 11.4. The van der Waals surface area contributed by atoms with Crippen LogP contribution in [-0.4, -0.2) is 31.8 Å². The Morgan fingerprint density at radius 3 is 2.17 bits per heavy atom. The second-order valence-corrected chi connectivity index (χ2v) is 7.89. The van der Waals surface area contributed by atoms with E-state index >= 15 is 0 Å². The molecule has 1 aliphatic carbocycles. The van der Waals surface area contributed by atoms with Crippen LogP contribution in [0.5, 0.6) is 0 Å². The van der Waals surface area contributed by atoms with Crippen LogP contribution in [0.4, 0.5) is 0 Å². The van der Waals surface area contributed by atoms with Gasteiger partial charge in [-0.2, -0.15) is 0 Å². The standard InChI is InChI=1S/C18H19NO4S/c1-2-23-17(20)18(19)15(13-9-5-3-6-10-13)16(18)24(21,22)14-11-7-4-8-12-14/h3-12,15-16H,2,19H2,1H3/t15-,16+,18+/m1/s1. The molecule has 0 heterocycles. The minimum Gasteiger partial charge on any atom is -0.465 e. The number of carbonyl (C=O) groups is 1. The van der Waals surface area contributed by atoms with Crippen molar-refractivity contribution in [1.82, 2.24) is 0 Å². The van der Waals surface area contributed by atoms with Crippen LogP contribution in [0.2, 0.25) is 0 Å². The molecule has 24 heavy (non-hydrogen) atoms. The van der Waals surface area contributed by atoms with E-state index < -0.39 is 32.5 Å². The van der Waals surface area contributed by atoms with E-state index in [2.05, 4.69) is 0 Å². The molecule has 5 nitrogen and oxygen atoms in total.